The predicted molar refractivity (Wildman–Crippen MR) is 80.5 cm³/mol. The molecule has 0 aromatic heterocycles. The van der Waals surface area contributed by atoms with Crippen LogP contribution >= 0.6 is 0 Å². The fraction of sp³-hybridized carbons (Fsp3) is 0.562. The summed E-state index contributed by atoms with van der Waals surface area (Å²) < 4.78 is 5.39. The first-order valence-corrected chi connectivity index (χ1v) is 7.27. The standard InChI is InChI=1S/C16H24N2O2/c1-18(11-13-6-9-20-10-7-13)12-14-3-2-4-16(17)15(14)5-8-19/h2-4,8,13H,5-7,9-12,17H2,1H3. The lowest BCUT2D eigenvalue weighted by atomic mass is 9.98. The second-order valence-corrected chi connectivity index (χ2v) is 5.61. The predicted octanol–water partition coefficient (Wildman–Crippen LogP) is 1.87. The number of nitrogen functional groups attached to an aromatic ring is 1. The zero-order valence-corrected chi connectivity index (χ0v) is 12.2. The van der Waals surface area contributed by atoms with Crippen LogP contribution in [0.4, 0.5) is 5.69 Å². The number of anilines is 1. The zero-order valence-electron chi connectivity index (χ0n) is 12.2. The number of hydrogen-bond acceptors (Lipinski definition) is 4. The van der Waals surface area contributed by atoms with E-state index in [9.17, 15) is 4.79 Å². The third-order valence-electron chi connectivity index (χ3n) is 3.95. The van der Waals surface area contributed by atoms with Gasteiger partial charge in [0.05, 0.1) is 0 Å². The lowest BCUT2D eigenvalue weighted by Crippen LogP contribution is -2.29. The molecule has 0 aliphatic carbocycles. The molecule has 1 aromatic rings. The van der Waals surface area contributed by atoms with E-state index >= 15 is 0 Å². The van der Waals surface area contributed by atoms with Crippen molar-refractivity contribution in [3.05, 3.63) is 29.3 Å². The normalized spacial score (nSPS) is 16.5. The molecule has 1 saturated heterocycles. The molecule has 2 N–H and O–H groups in total. The third kappa shape index (κ3) is 4.05. The molecule has 0 unspecified atom stereocenters. The Bertz CT molecular complexity index is 442. The van der Waals surface area contributed by atoms with E-state index in [0.29, 0.717) is 18.0 Å². The number of hydrogen-bond donors (Lipinski definition) is 1. The molecule has 1 aromatic carbocycles. The molecule has 0 spiro atoms. The number of ether oxygens (including phenoxy) is 1. The van der Waals surface area contributed by atoms with Crippen molar-refractivity contribution in [2.24, 2.45) is 5.92 Å². The average molecular weight is 276 g/mol. The van der Waals surface area contributed by atoms with E-state index in [1.165, 1.54) is 0 Å². The van der Waals surface area contributed by atoms with Crippen LogP contribution in [0.2, 0.25) is 0 Å². The van der Waals surface area contributed by atoms with Crippen molar-refractivity contribution < 1.29 is 9.53 Å². The third-order valence-corrected chi connectivity index (χ3v) is 3.95. The van der Waals surface area contributed by atoms with Crippen LogP contribution < -0.4 is 5.73 Å². The summed E-state index contributed by atoms with van der Waals surface area (Å²) in [7, 11) is 2.13. The molecule has 0 atom stereocenters. The summed E-state index contributed by atoms with van der Waals surface area (Å²) in [5, 5.41) is 0. The van der Waals surface area contributed by atoms with Crippen molar-refractivity contribution in [1.82, 2.24) is 4.90 Å². The van der Waals surface area contributed by atoms with E-state index in [1.54, 1.807) is 0 Å². The highest BCUT2D eigenvalue weighted by Crippen LogP contribution is 2.21. The van der Waals surface area contributed by atoms with Gasteiger partial charge in [-0.1, -0.05) is 12.1 Å². The van der Waals surface area contributed by atoms with Crippen molar-refractivity contribution in [3.63, 3.8) is 0 Å². The fourth-order valence-electron chi connectivity index (χ4n) is 2.86. The maximum absolute atomic E-state index is 10.8. The Labute approximate surface area is 120 Å². The molecule has 4 heteroatoms. The molecule has 110 valence electrons. The number of rotatable bonds is 6. The Morgan fingerprint density at radius 1 is 1.40 bits per heavy atom. The summed E-state index contributed by atoms with van der Waals surface area (Å²) in [5.41, 5.74) is 8.82. The summed E-state index contributed by atoms with van der Waals surface area (Å²) in [6, 6.07) is 5.89. The largest absolute Gasteiger partial charge is 0.398 e. The van der Waals surface area contributed by atoms with Crippen LogP contribution in [0.1, 0.15) is 24.0 Å². The summed E-state index contributed by atoms with van der Waals surface area (Å²) >= 11 is 0. The lowest BCUT2D eigenvalue weighted by Gasteiger charge is -2.27. The fourth-order valence-corrected chi connectivity index (χ4v) is 2.86. The van der Waals surface area contributed by atoms with Crippen molar-refractivity contribution in [2.45, 2.75) is 25.8 Å². The Balaban J connectivity index is 1.97. The smallest absolute Gasteiger partial charge is 0.124 e. The Morgan fingerprint density at radius 3 is 2.85 bits per heavy atom. The van der Waals surface area contributed by atoms with Crippen molar-refractivity contribution in [3.8, 4) is 0 Å². The van der Waals surface area contributed by atoms with Gasteiger partial charge in [0.15, 0.2) is 0 Å². The van der Waals surface area contributed by atoms with Crippen LogP contribution in [0.25, 0.3) is 0 Å². The van der Waals surface area contributed by atoms with Crippen LogP contribution in [0.3, 0.4) is 0 Å². The number of nitrogens with two attached hydrogens (primary N) is 1. The first-order chi connectivity index (χ1) is 9.70. The van der Waals surface area contributed by atoms with Gasteiger partial charge >= 0.3 is 0 Å². The quantitative estimate of drug-likeness (QED) is 0.636. The molecule has 1 aliphatic heterocycles. The van der Waals surface area contributed by atoms with E-state index in [1.807, 2.05) is 12.1 Å². The van der Waals surface area contributed by atoms with Gasteiger partial charge in [0.1, 0.15) is 6.29 Å². The molecule has 0 amide bonds. The van der Waals surface area contributed by atoms with E-state index < -0.39 is 0 Å². The van der Waals surface area contributed by atoms with Gasteiger partial charge < -0.3 is 20.2 Å². The Kier molecular flexibility index (Phi) is 5.56. The summed E-state index contributed by atoms with van der Waals surface area (Å²) in [4.78, 5) is 13.1. The molecule has 1 aliphatic rings. The Hall–Kier alpha value is -1.39. The number of nitrogens with zero attached hydrogens (tertiary/aromatic N) is 1. The Morgan fingerprint density at radius 2 is 2.15 bits per heavy atom. The number of carbonyl (C=O) groups is 1. The molecular formula is C16H24N2O2. The molecule has 0 radical (unpaired) electrons. The highest BCUT2D eigenvalue weighted by atomic mass is 16.5. The maximum atomic E-state index is 10.8. The van der Waals surface area contributed by atoms with Gasteiger partial charge in [0.2, 0.25) is 0 Å². The molecular weight excluding hydrogens is 252 g/mol. The monoisotopic (exact) mass is 276 g/mol. The molecule has 0 bridgehead atoms. The zero-order chi connectivity index (χ0) is 14.4. The van der Waals surface area contributed by atoms with Crippen LogP contribution in [-0.2, 0) is 22.5 Å². The maximum Gasteiger partial charge on any atom is 0.124 e. The van der Waals surface area contributed by atoms with Crippen LogP contribution in [-0.4, -0.2) is 38.0 Å². The molecule has 2 rings (SSSR count). The molecule has 1 heterocycles. The topological polar surface area (TPSA) is 55.6 Å². The van der Waals surface area contributed by atoms with Gasteiger partial charge in [-0.2, -0.15) is 0 Å². The molecule has 4 nitrogen and oxygen atoms in total. The van der Waals surface area contributed by atoms with Crippen LogP contribution in [0.15, 0.2) is 18.2 Å². The van der Waals surface area contributed by atoms with Crippen molar-refractivity contribution in [1.29, 1.82) is 0 Å². The van der Waals surface area contributed by atoms with Crippen molar-refractivity contribution >= 4 is 12.0 Å². The van der Waals surface area contributed by atoms with Gasteiger partial charge in [-0.15, -0.1) is 0 Å². The first kappa shape index (κ1) is 15.0. The molecule has 20 heavy (non-hydrogen) atoms. The SMILES string of the molecule is CN(Cc1cccc(N)c1CC=O)CC1CCOCC1. The minimum absolute atomic E-state index is 0.396. The number of aldehydes is 1. The van der Waals surface area contributed by atoms with Gasteiger partial charge in [-0.3, -0.25) is 0 Å². The van der Waals surface area contributed by atoms with Crippen LogP contribution in [0, 0.1) is 5.92 Å². The number of carbonyl (C=O) groups excluding carboxylic acids is 1. The molecule has 0 saturated carbocycles. The molecule has 1 fully saturated rings. The second-order valence-electron chi connectivity index (χ2n) is 5.61. The van der Waals surface area contributed by atoms with E-state index in [-0.39, 0.29) is 0 Å². The van der Waals surface area contributed by atoms with Gasteiger partial charge in [0.25, 0.3) is 0 Å². The van der Waals surface area contributed by atoms with Crippen molar-refractivity contribution in [2.75, 3.05) is 32.5 Å². The van der Waals surface area contributed by atoms with E-state index in [2.05, 4.69) is 18.0 Å². The minimum Gasteiger partial charge on any atom is -0.398 e. The highest BCUT2D eigenvalue weighted by Gasteiger charge is 2.16. The number of benzene rings is 1. The van der Waals surface area contributed by atoms with Gasteiger partial charge in [-0.05, 0) is 43.0 Å². The summed E-state index contributed by atoms with van der Waals surface area (Å²) in [5.74, 6) is 0.712. The first-order valence-electron chi connectivity index (χ1n) is 7.27. The minimum atomic E-state index is 0.396. The van der Waals surface area contributed by atoms with Gasteiger partial charge in [0, 0.05) is 38.4 Å². The van der Waals surface area contributed by atoms with E-state index in [4.69, 9.17) is 10.5 Å². The van der Waals surface area contributed by atoms with Gasteiger partial charge in [-0.25, -0.2) is 0 Å². The van der Waals surface area contributed by atoms with E-state index in [0.717, 1.165) is 56.6 Å². The second kappa shape index (κ2) is 7.41. The summed E-state index contributed by atoms with van der Waals surface area (Å²) in [6.45, 7) is 3.67. The summed E-state index contributed by atoms with van der Waals surface area (Å²) in [6.07, 6.45) is 3.60. The highest BCUT2D eigenvalue weighted by molar-refractivity contribution is 5.63. The lowest BCUT2D eigenvalue weighted by molar-refractivity contribution is -0.107. The average Bonchev–Trinajstić information content (AvgIpc) is 2.44. The van der Waals surface area contributed by atoms with Crippen LogP contribution in [0.5, 0.6) is 0 Å².